The number of Topliss-reactive ketones (excluding diaryl/α,β-unsaturated/α-hetero) is 1. The summed E-state index contributed by atoms with van der Waals surface area (Å²) in [5.74, 6) is -2.41. The van der Waals surface area contributed by atoms with Gasteiger partial charge in [0.2, 0.25) is 11.8 Å². The third kappa shape index (κ3) is 39.5. The van der Waals surface area contributed by atoms with Crippen LogP contribution in [0.3, 0.4) is 0 Å². The monoisotopic (exact) mass is 1070 g/mol. The Labute approximate surface area is 432 Å². The third-order valence-corrected chi connectivity index (χ3v) is 9.75. The van der Waals surface area contributed by atoms with Gasteiger partial charge >= 0.3 is 18.2 Å². The van der Waals surface area contributed by atoms with E-state index in [4.69, 9.17) is 72.9 Å². The lowest BCUT2D eigenvalue weighted by atomic mass is 10.1. The Morgan fingerprint density at radius 3 is 1.38 bits per heavy atom. The first-order valence-electron chi connectivity index (χ1n) is 24.3. The Hall–Kier alpha value is -4.98. The smallest absolute Gasteiger partial charge is 0.407 e. The second-order valence-electron chi connectivity index (χ2n) is 15.4. The van der Waals surface area contributed by atoms with E-state index in [0.717, 1.165) is 4.90 Å². The van der Waals surface area contributed by atoms with Crippen LogP contribution in [0.25, 0.3) is 0 Å². The standard InChI is InChI=1S/C28H46N4O12.C11H21NO7.C7H16O4/c1-3-22(19-33)44-27(40-2)20-43-28(39)31-11-8-23(35)29-12-13-30-24(36)10-16-42-18-17-41-15-4-5-21(34)9-14-32-25(37)6-7-26(32)38;1-3-8(6-13)19-10(17-2)7-18-11(16)12-5-4-9(14)15;1-3-6(4-8)11-7(5-9)10-2/h6-7,22,27,33H,3-5,8-20H2,1-2H3,(H,29,35)(H,30,36)(H,31,39);8,10,13H,3-7H2,1-2H3,(H,12,16)(H,14,15);6-9H,3-5H2,1-2H3. The molecule has 1 rings (SSSR count). The largest absolute Gasteiger partial charge is 0.481 e. The number of carboxylic acids is 1. The molecule has 0 aromatic heterocycles. The predicted octanol–water partition coefficient (Wildman–Crippen LogP) is -1.13. The minimum atomic E-state index is -1.01. The highest BCUT2D eigenvalue weighted by molar-refractivity contribution is 6.13. The predicted molar refractivity (Wildman–Crippen MR) is 259 cm³/mol. The van der Waals surface area contributed by atoms with Crippen molar-refractivity contribution in [1.29, 1.82) is 0 Å². The molecule has 74 heavy (non-hydrogen) atoms. The van der Waals surface area contributed by atoms with Crippen molar-refractivity contribution in [3.8, 4) is 0 Å². The molecular formula is C46H83N5O23. The highest BCUT2D eigenvalue weighted by atomic mass is 16.7. The maximum Gasteiger partial charge on any atom is 0.407 e. The molecule has 6 atom stereocenters. The summed E-state index contributed by atoms with van der Waals surface area (Å²) in [7, 11) is 4.23. The third-order valence-electron chi connectivity index (χ3n) is 9.75. The zero-order chi connectivity index (χ0) is 55.9. The maximum atomic E-state index is 11.9. The van der Waals surface area contributed by atoms with Gasteiger partial charge in [0.25, 0.3) is 11.8 Å². The topological polar surface area (TPSA) is 381 Å². The van der Waals surface area contributed by atoms with Gasteiger partial charge in [-0.2, -0.15) is 0 Å². The fourth-order valence-corrected chi connectivity index (χ4v) is 5.34. The SMILES string of the molecule is CCC(CO)OC(CO)OC.CCC(CO)OC(COC(=O)NCCC(=O)NCCNC(=O)CCOCCOCCCC(=O)CCN1C(=O)C=CC1=O)OC.CCC(CO)OC(COC(=O)NCCC(=O)O)OC. The van der Waals surface area contributed by atoms with Gasteiger partial charge in [-0.05, 0) is 25.7 Å². The van der Waals surface area contributed by atoms with E-state index in [0.29, 0.717) is 38.9 Å². The van der Waals surface area contributed by atoms with Crippen LogP contribution in [0.4, 0.5) is 9.59 Å². The highest BCUT2D eigenvalue weighted by Crippen LogP contribution is 2.08. The molecule has 28 heteroatoms. The molecule has 0 bridgehead atoms. The van der Waals surface area contributed by atoms with E-state index in [1.807, 2.05) is 20.8 Å². The first kappa shape index (κ1) is 71.1. The number of carboxylic acid groups (broad SMARTS) is 1. The molecule has 1 aliphatic heterocycles. The molecule has 6 unspecified atom stereocenters. The zero-order valence-corrected chi connectivity index (χ0v) is 43.6. The van der Waals surface area contributed by atoms with Crippen LogP contribution in [-0.2, 0) is 76.1 Å². The van der Waals surface area contributed by atoms with Crippen molar-refractivity contribution in [1.82, 2.24) is 26.2 Å². The number of imide groups is 1. The summed E-state index contributed by atoms with van der Waals surface area (Å²) in [6.45, 7) is 6.40. The van der Waals surface area contributed by atoms with Gasteiger partial charge in [-0.1, -0.05) is 20.8 Å². The van der Waals surface area contributed by atoms with E-state index in [2.05, 4.69) is 21.3 Å². The van der Waals surface area contributed by atoms with Crippen LogP contribution < -0.4 is 21.3 Å². The van der Waals surface area contributed by atoms with Crippen LogP contribution in [0.1, 0.15) is 78.6 Å². The number of rotatable bonds is 42. The van der Waals surface area contributed by atoms with Crippen LogP contribution in [0.2, 0.25) is 0 Å². The van der Waals surface area contributed by atoms with E-state index < -0.39 is 54.9 Å². The summed E-state index contributed by atoms with van der Waals surface area (Å²) in [5, 5.41) is 53.8. The number of amides is 6. The number of hydrogen-bond acceptors (Lipinski definition) is 22. The lowest BCUT2D eigenvalue weighted by molar-refractivity contribution is -0.181. The summed E-state index contributed by atoms with van der Waals surface area (Å²) in [6, 6.07) is 0. The minimum absolute atomic E-state index is 0.0130. The van der Waals surface area contributed by atoms with Gasteiger partial charge in [0.1, 0.15) is 19.0 Å². The number of aliphatic hydroxyl groups is 4. The molecule has 0 saturated heterocycles. The fourth-order valence-electron chi connectivity index (χ4n) is 5.34. The van der Waals surface area contributed by atoms with Gasteiger partial charge in [0, 0.05) is 98.5 Å². The normalized spacial score (nSPS) is 14.2. The highest BCUT2D eigenvalue weighted by Gasteiger charge is 2.24. The molecule has 0 spiro atoms. The van der Waals surface area contributed by atoms with E-state index in [1.54, 1.807) is 0 Å². The second-order valence-corrected chi connectivity index (χ2v) is 15.4. The van der Waals surface area contributed by atoms with Crippen molar-refractivity contribution in [2.24, 2.45) is 0 Å². The molecule has 0 aliphatic carbocycles. The van der Waals surface area contributed by atoms with Crippen molar-refractivity contribution in [2.75, 3.05) is 120 Å². The number of alkyl carbamates (subject to hydrolysis) is 2. The lowest BCUT2D eigenvalue weighted by Gasteiger charge is -2.21. The fraction of sp³-hybridized carbons (Fsp3) is 0.783. The Kier molecular flexibility index (Phi) is 45.8. The van der Waals surface area contributed by atoms with Crippen molar-refractivity contribution >= 4 is 47.6 Å². The Morgan fingerprint density at radius 1 is 0.527 bits per heavy atom. The van der Waals surface area contributed by atoms with E-state index >= 15 is 0 Å². The molecular weight excluding hydrogens is 991 g/mol. The molecule has 430 valence electrons. The van der Waals surface area contributed by atoms with Crippen LogP contribution in [0, 0.1) is 0 Å². The number of aliphatic hydroxyl groups excluding tert-OH is 4. The van der Waals surface area contributed by atoms with Crippen molar-refractivity contribution in [3.05, 3.63) is 12.2 Å². The molecule has 1 heterocycles. The second kappa shape index (κ2) is 47.7. The molecule has 0 aromatic rings. The Morgan fingerprint density at radius 2 is 0.959 bits per heavy atom. The van der Waals surface area contributed by atoms with E-state index in [1.165, 1.54) is 33.5 Å². The van der Waals surface area contributed by atoms with Gasteiger partial charge in [0.05, 0.1) is 71.0 Å². The number of carbonyl (C=O) groups is 8. The summed E-state index contributed by atoms with van der Waals surface area (Å²) in [6.07, 6.45) is 0.377. The summed E-state index contributed by atoms with van der Waals surface area (Å²) in [5.41, 5.74) is 0. The Bertz CT molecular complexity index is 1530. The molecule has 0 aromatic carbocycles. The number of ketones is 1. The molecule has 0 radical (unpaired) electrons. The van der Waals surface area contributed by atoms with Gasteiger partial charge in [-0.3, -0.25) is 33.7 Å². The van der Waals surface area contributed by atoms with Gasteiger partial charge < -0.3 is 94.2 Å². The van der Waals surface area contributed by atoms with E-state index in [-0.39, 0.29) is 147 Å². The molecule has 6 amide bonds. The number of hydrogen-bond donors (Lipinski definition) is 9. The molecule has 28 nitrogen and oxygen atoms in total. The van der Waals surface area contributed by atoms with Gasteiger partial charge in [0.15, 0.2) is 18.9 Å². The van der Waals surface area contributed by atoms with Crippen LogP contribution in [0.5, 0.6) is 0 Å². The van der Waals surface area contributed by atoms with Crippen molar-refractivity contribution in [3.63, 3.8) is 0 Å². The molecule has 0 saturated carbocycles. The lowest BCUT2D eigenvalue weighted by Crippen LogP contribution is -2.37. The molecule has 9 N–H and O–H groups in total. The van der Waals surface area contributed by atoms with Crippen LogP contribution in [-0.4, -0.2) is 235 Å². The number of carbonyl (C=O) groups excluding carboxylic acids is 7. The average molecular weight is 1070 g/mol. The van der Waals surface area contributed by atoms with Crippen molar-refractivity contribution in [2.45, 2.75) is 116 Å². The number of nitrogens with one attached hydrogen (secondary N) is 4. The maximum absolute atomic E-state index is 11.9. The van der Waals surface area contributed by atoms with E-state index in [9.17, 15) is 38.4 Å². The number of aliphatic carboxylic acids is 1. The summed E-state index contributed by atoms with van der Waals surface area (Å²) < 4.78 is 51.2. The summed E-state index contributed by atoms with van der Waals surface area (Å²) >= 11 is 0. The van der Waals surface area contributed by atoms with Gasteiger partial charge in [-0.15, -0.1) is 0 Å². The number of ether oxygens (including phenoxy) is 10. The first-order chi connectivity index (χ1) is 35.5. The van der Waals surface area contributed by atoms with Crippen LogP contribution in [0.15, 0.2) is 12.2 Å². The summed E-state index contributed by atoms with van der Waals surface area (Å²) in [4.78, 5) is 92.7. The van der Waals surface area contributed by atoms with Crippen molar-refractivity contribution < 1.29 is 111 Å². The van der Waals surface area contributed by atoms with Crippen LogP contribution >= 0.6 is 0 Å². The average Bonchev–Trinajstić information content (AvgIpc) is 3.72. The molecule has 1 aliphatic rings. The first-order valence-corrected chi connectivity index (χ1v) is 24.3. The van der Waals surface area contributed by atoms with Gasteiger partial charge in [-0.25, -0.2) is 9.59 Å². The molecule has 0 fully saturated rings. The zero-order valence-electron chi connectivity index (χ0n) is 43.6. The Balaban J connectivity index is 0. The number of nitrogens with zero attached hydrogens (tertiary/aromatic N) is 1. The quantitative estimate of drug-likeness (QED) is 0.0198. The number of methoxy groups -OCH3 is 3. The minimum Gasteiger partial charge on any atom is -0.481 e.